The van der Waals surface area contributed by atoms with Gasteiger partial charge in [-0.05, 0) is 88.2 Å². The number of methoxy groups -OCH3 is 2. The van der Waals surface area contributed by atoms with Gasteiger partial charge in [-0.3, -0.25) is 19.3 Å². The van der Waals surface area contributed by atoms with Gasteiger partial charge in [0.1, 0.15) is 12.1 Å². The molecular weight excluding hydrogens is 602 g/mol. The fourth-order valence-electron chi connectivity index (χ4n) is 4.53. The highest BCUT2D eigenvalue weighted by molar-refractivity contribution is 8.18. The fraction of sp³-hybridized carbons (Fsp3) is 0.387. The van der Waals surface area contributed by atoms with Gasteiger partial charge in [0.15, 0.2) is 16.7 Å². The number of para-hydroxylation sites is 1. The van der Waals surface area contributed by atoms with Gasteiger partial charge in [-0.25, -0.2) is 9.79 Å². The number of amides is 4. The monoisotopic (exact) mass is 641 g/mol. The minimum atomic E-state index is -1.10. The van der Waals surface area contributed by atoms with Crippen molar-refractivity contribution in [2.24, 2.45) is 10.7 Å². The molecule has 1 aliphatic rings. The Morgan fingerprint density at radius 2 is 1.73 bits per heavy atom. The number of aliphatic imine (C=N–C) groups is 1. The number of nitrogens with one attached hydrogen (secondary N) is 1. The molecule has 4 amide bonds. The molecule has 3 rings (SSSR count). The first kappa shape index (κ1) is 34.8. The third-order valence-corrected chi connectivity index (χ3v) is 7.94. The Labute approximate surface area is 266 Å². The summed E-state index contributed by atoms with van der Waals surface area (Å²) in [6.07, 6.45) is 0.825. The molecule has 0 aromatic heterocycles. The Kier molecular flexibility index (Phi) is 11.5. The van der Waals surface area contributed by atoms with Crippen molar-refractivity contribution in [3.8, 4) is 17.2 Å². The standard InChI is InChI=1S/C31H39N5O8S/c1-18(27(39)34-21(26(32)38)13-10-14-35(30(41)42)31(2,3)4)36-28(40)24(45-29(36)33-20-11-8-7-9-12-20)17-19-15-22(43-5)25(37)23(16-19)44-6/h7-9,11-12,15-18,21,37H,10,13-14H2,1-6H3,(H2,32,38)(H,34,39)(H,41,42). The maximum Gasteiger partial charge on any atom is 0.407 e. The van der Waals surface area contributed by atoms with Crippen LogP contribution in [0.4, 0.5) is 10.5 Å². The molecule has 0 saturated carbocycles. The van der Waals surface area contributed by atoms with Crippen molar-refractivity contribution in [2.75, 3.05) is 20.8 Å². The van der Waals surface area contributed by atoms with Crippen molar-refractivity contribution in [1.82, 2.24) is 15.1 Å². The molecule has 0 spiro atoms. The van der Waals surface area contributed by atoms with Crippen molar-refractivity contribution in [3.63, 3.8) is 0 Å². The van der Waals surface area contributed by atoms with E-state index in [4.69, 9.17) is 15.2 Å². The van der Waals surface area contributed by atoms with Crippen molar-refractivity contribution in [3.05, 3.63) is 52.9 Å². The number of benzene rings is 2. The predicted octanol–water partition coefficient (Wildman–Crippen LogP) is 3.93. The quantitative estimate of drug-likeness (QED) is 0.249. The molecule has 45 heavy (non-hydrogen) atoms. The Bertz CT molecular complexity index is 1460. The molecule has 0 aliphatic carbocycles. The number of amidine groups is 1. The Balaban J connectivity index is 1.89. The van der Waals surface area contributed by atoms with Crippen LogP contribution in [0.5, 0.6) is 17.2 Å². The van der Waals surface area contributed by atoms with Gasteiger partial charge in [0.05, 0.1) is 24.8 Å². The topological polar surface area (TPSA) is 184 Å². The van der Waals surface area contributed by atoms with Crippen LogP contribution in [0.15, 0.2) is 52.4 Å². The average molecular weight is 642 g/mol. The second-order valence-electron chi connectivity index (χ2n) is 11.2. The molecule has 2 aromatic carbocycles. The van der Waals surface area contributed by atoms with Gasteiger partial charge in [0.2, 0.25) is 17.6 Å². The SMILES string of the molecule is COc1cc(C=C2SC(=Nc3ccccc3)N(C(C)C(=O)NC(CCCN(C(=O)O)C(C)(C)C)C(N)=O)C2=O)cc(OC)c1O. The molecule has 2 aromatic rings. The van der Waals surface area contributed by atoms with E-state index in [0.29, 0.717) is 11.3 Å². The molecule has 13 nitrogen and oxygen atoms in total. The molecule has 2 unspecified atom stereocenters. The number of carbonyl (C=O) groups is 4. The van der Waals surface area contributed by atoms with Crippen molar-refractivity contribution < 1.29 is 38.9 Å². The van der Waals surface area contributed by atoms with Crippen LogP contribution in [-0.2, 0) is 14.4 Å². The summed E-state index contributed by atoms with van der Waals surface area (Å²) in [6, 6.07) is 9.77. The molecular formula is C31H39N5O8S. The van der Waals surface area contributed by atoms with Crippen molar-refractivity contribution >= 4 is 52.5 Å². The van der Waals surface area contributed by atoms with Crippen LogP contribution in [0, 0.1) is 0 Å². The first-order valence-electron chi connectivity index (χ1n) is 14.1. The smallest absolute Gasteiger partial charge is 0.407 e. The molecule has 1 aliphatic heterocycles. The van der Waals surface area contributed by atoms with Gasteiger partial charge in [-0.1, -0.05) is 18.2 Å². The van der Waals surface area contributed by atoms with Gasteiger partial charge in [0.25, 0.3) is 5.91 Å². The lowest BCUT2D eigenvalue weighted by atomic mass is 10.0. The molecule has 2 atom stereocenters. The lowest BCUT2D eigenvalue weighted by molar-refractivity contribution is -0.134. The van der Waals surface area contributed by atoms with E-state index in [-0.39, 0.29) is 46.7 Å². The van der Waals surface area contributed by atoms with E-state index in [1.54, 1.807) is 51.1 Å². The highest BCUT2D eigenvalue weighted by Gasteiger charge is 2.40. The van der Waals surface area contributed by atoms with Gasteiger partial charge >= 0.3 is 6.09 Å². The van der Waals surface area contributed by atoms with Crippen LogP contribution >= 0.6 is 11.8 Å². The Morgan fingerprint density at radius 1 is 1.13 bits per heavy atom. The third-order valence-electron chi connectivity index (χ3n) is 6.96. The molecule has 242 valence electrons. The molecule has 1 heterocycles. The Morgan fingerprint density at radius 3 is 2.24 bits per heavy atom. The fourth-order valence-corrected chi connectivity index (χ4v) is 5.60. The van der Waals surface area contributed by atoms with E-state index in [0.717, 1.165) is 11.8 Å². The minimum absolute atomic E-state index is 0.0942. The molecule has 5 N–H and O–H groups in total. The zero-order chi connectivity index (χ0) is 33.5. The van der Waals surface area contributed by atoms with Gasteiger partial charge in [0, 0.05) is 12.1 Å². The number of carboxylic acid groups (broad SMARTS) is 1. The molecule has 14 heteroatoms. The second-order valence-corrected chi connectivity index (χ2v) is 12.2. The summed E-state index contributed by atoms with van der Waals surface area (Å²) in [4.78, 5) is 58.5. The van der Waals surface area contributed by atoms with E-state index in [1.165, 1.54) is 43.1 Å². The van der Waals surface area contributed by atoms with Crippen LogP contribution in [0.1, 0.15) is 46.1 Å². The second kappa shape index (κ2) is 14.8. The number of hydrogen-bond acceptors (Lipinski definition) is 9. The van der Waals surface area contributed by atoms with E-state index < -0.39 is 41.4 Å². The van der Waals surface area contributed by atoms with Gasteiger partial charge in [-0.15, -0.1) is 0 Å². The number of phenols is 1. The molecule has 0 bridgehead atoms. The van der Waals surface area contributed by atoms with Crippen molar-refractivity contribution in [2.45, 2.75) is 58.2 Å². The van der Waals surface area contributed by atoms with E-state index >= 15 is 0 Å². The van der Waals surface area contributed by atoms with Crippen LogP contribution in [0.3, 0.4) is 0 Å². The van der Waals surface area contributed by atoms with Gasteiger partial charge < -0.3 is 35.6 Å². The molecule has 1 saturated heterocycles. The lowest BCUT2D eigenvalue weighted by Gasteiger charge is -2.33. The largest absolute Gasteiger partial charge is 0.502 e. The maximum atomic E-state index is 13.8. The highest BCUT2D eigenvalue weighted by Crippen LogP contribution is 2.40. The van der Waals surface area contributed by atoms with Crippen LogP contribution in [0.2, 0.25) is 0 Å². The number of ether oxygens (including phenoxy) is 2. The summed E-state index contributed by atoms with van der Waals surface area (Å²) in [7, 11) is 2.78. The number of rotatable bonds is 12. The van der Waals surface area contributed by atoms with Crippen molar-refractivity contribution in [1.29, 1.82) is 0 Å². The molecule has 1 fully saturated rings. The zero-order valence-electron chi connectivity index (χ0n) is 26.1. The maximum absolute atomic E-state index is 13.8. The first-order chi connectivity index (χ1) is 21.2. The van der Waals surface area contributed by atoms with Crippen LogP contribution in [-0.4, -0.2) is 87.4 Å². The Hall–Kier alpha value is -4.72. The minimum Gasteiger partial charge on any atom is -0.502 e. The number of hydrogen-bond donors (Lipinski definition) is 4. The highest BCUT2D eigenvalue weighted by atomic mass is 32.2. The number of primary amides is 1. The number of aromatic hydroxyl groups is 1. The summed E-state index contributed by atoms with van der Waals surface area (Å²) in [5, 5.41) is 22.7. The van der Waals surface area contributed by atoms with E-state index in [1.807, 2.05) is 6.07 Å². The normalized spacial score (nSPS) is 16.4. The van der Waals surface area contributed by atoms with Crippen LogP contribution < -0.4 is 20.5 Å². The summed E-state index contributed by atoms with van der Waals surface area (Å²) in [6.45, 7) is 6.91. The summed E-state index contributed by atoms with van der Waals surface area (Å²) >= 11 is 1.05. The number of phenolic OH excluding ortho intramolecular Hbond substituents is 1. The number of nitrogens with zero attached hydrogens (tertiary/aromatic N) is 3. The summed E-state index contributed by atoms with van der Waals surface area (Å²) in [5.41, 5.74) is 5.97. The number of carbonyl (C=O) groups excluding carboxylic acids is 3. The first-order valence-corrected chi connectivity index (χ1v) is 14.9. The van der Waals surface area contributed by atoms with E-state index in [9.17, 15) is 29.4 Å². The molecule has 0 radical (unpaired) electrons. The third kappa shape index (κ3) is 8.69. The number of thioether (sulfide) groups is 1. The number of nitrogens with two attached hydrogens (primary N) is 1. The predicted molar refractivity (Wildman–Crippen MR) is 171 cm³/mol. The summed E-state index contributed by atoms with van der Waals surface area (Å²) in [5.74, 6) is -1.85. The lowest BCUT2D eigenvalue weighted by Crippen LogP contribution is -2.53. The zero-order valence-corrected chi connectivity index (χ0v) is 26.9. The summed E-state index contributed by atoms with van der Waals surface area (Å²) < 4.78 is 10.5. The van der Waals surface area contributed by atoms with E-state index in [2.05, 4.69) is 10.3 Å². The van der Waals surface area contributed by atoms with Crippen LogP contribution in [0.25, 0.3) is 6.08 Å². The van der Waals surface area contributed by atoms with Gasteiger partial charge in [-0.2, -0.15) is 0 Å². The average Bonchev–Trinajstić information content (AvgIpc) is 3.27.